The second-order valence-electron chi connectivity index (χ2n) is 3.81. The van der Waals surface area contributed by atoms with E-state index in [0.29, 0.717) is 12.2 Å². The molecule has 98 valence electrons. The van der Waals surface area contributed by atoms with Gasteiger partial charge in [-0.2, -0.15) is 0 Å². The minimum atomic E-state index is -0.935. The van der Waals surface area contributed by atoms with Gasteiger partial charge in [-0.25, -0.2) is 9.59 Å². The molecule has 0 aliphatic rings. The molecule has 0 atom stereocenters. The lowest BCUT2D eigenvalue weighted by molar-refractivity contribution is -0.139. The molecule has 0 saturated carbocycles. The third-order valence-corrected chi connectivity index (χ3v) is 1.49. The number of hydrogen-bond acceptors (Lipinski definition) is 4. The molecule has 0 rings (SSSR count). The zero-order chi connectivity index (χ0) is 14.0. The average Bonchev–Trinajstić information content (AvgIpc) is 2.17. The molecule has 0 fully saturated rings. The van der Waals surface area contributed by atoms with E-state index in [1.54, 1.807) is 6.92 Å². The molecule has 0 aromatic rings. The topological polar surface area (TPSA) is 66.8 Å². The Labute approximate surface area is 102 Å². The molecule has 5 nitrogen and oxygen atoms in total. The lowest BCUT2D eigenvalue weighted by Crippen LogP contribution is -2.20. The molecule has 0 radical (unpaired) electrons. The number of hydrogen-bond donors (Lipinski definition) is 1. The van der Waals surface area contributed by atoms with Crippen LogP contribution in [0.2, 0.25) is 0 Å². The van der Waals surface area contributed by atoms with Crippen molar-refractivity contribution in [2.45, 2.75) is 13.8 Å². The zero-order valence-corrected chi connectivity index (χ0v) is 10.9. The number of carbonyl (C=O) groups excluding carboxylic acids is 1. The van der Waals surface area contributed by atoms with E-state index >= 15 is 0 Å². The van der Waals surface area contributed by atoms with Crippen molar-refractivity contribution < 1.29 is 19.4 Å². The summed E-state index contributed by atoms with van der Waals surface area (Å²) in [6.07, 6.45) is 0. The Kier molecular flexibility index (Phi) is 10.0. The van der Waals surface area contributed by atoms with Gasteiger partial charge in [-0.3, -0.25) is 0 Å². The maximum absolute atomic E-state index is 10.8. The standard InChI is InChI=1S/C8H15NO2.C4H6O2/c1-7(2)8(10)11-6-5-9(3)4;1-3(2)4(5)6/h1,5-6H2,2-4H3;1H2,2H3,(H,5,6). The van der Waals surface area contributed by atoms with E-state index in [1.807, 2.05) is 19.0 Å². The summed E-state index contributed by atoms with van der Waals surface area (Å²) in [6.45, 7) is 10.9. The SMILES string of the molecule is C=C(C)C(=O)O.C=C(C)C(=O)OCCN(C)C. The fraction of sp³-hybridized carbons (Fsp3) is 0.500. The second-order valence-corrected chi connectivity index (χ2v) is 3.81. The highest BCUT2D eigenvalue weighted by atomic mass is 16.5. The van der Waals surface area contributed by atoms with E-state index in [4.69, 9.17) is 9.84 Å². The minimum absolute atomic E-state index is 0.176. The molecule has 0 bridgehead atoms. The lowest BCUT2D eigenvalue weighted by Gasteiger charge is -2.09. The van der Waals surface area contributed by atoms with Crippen LogP contribution in [0.5, 0.6) is 0 Å². The Hall–Kier alpha value is -1.62. The molecule has 0 aromatic heterocycles. The number of nitrogens with zero attached hydrogens (tertiary/aromatic N) is 1. The summed E-state index contributed by atoms with van der Waals surface area (Å²) in [6, 6.07) is 0. The van der Waals surface area contributed by atoms with Gasteiger partial charge in [-0.15, -0.1) is 0 Å². The number of carboxylic acids is 1. The molecule has 0 unspecified atom stereocenters. The predicted octanol–water partition coefficient (Wildman–Crippen LogP) is 1.31. The van der Waals surface area contributed by atoms with Gasteiger partial charge in [0.2, 0.25) is 0 Å². The fourth-order valence-corrected chi connectivity index (χ4v) is 0.444. The van der Waals surface area contributed by atoms with Gasteiger partial charge in [0, 0.05) is 17.7 Å². The average molecular weight is 243 g/mol. The normalized spacial score (nSPS) is 9.00. The van der Waals surface area contributed by atoms with E-state index in [1.165, 1.54) is 6.92 Å². The minimum Gasteiger partial charge on any atom is -0.478 e. The number of ether oxygens (including phenoxy) is 1. The van der Waals surface area contributed by atoms with Gasteiger partial charge >= 0.3 is 11.9 Å². The fourth-order valence-electron chi connectivity index (χ4n) is 0.444. The first-order valence-electron chi connectivity index (χ1n) is 5.04. The third-order valence-electron chi connectivity index (χ3n) is 1.49. The summed E-state index contributed by atoms with van der Waals surface area (Å²) < 4.78 is 4.83. The molecule has 0 amide bonds. The summed E-state index contributed by atoms with van der Waals surface area (Å²) in [5.41, 5.74) is 0.624. The van der Waals surface area contributed by atoms with E-state index in [2.05, 4.69) is 13.2 Å². The van der Waals surface area contributed by atoms with Gasteiger partial charge in [0.15, 0.2) is 0 Å². The Balaban J connectivity index is 0. The highest BCUT2D eigenvalue weighted by Gasteiger charge is 2.01. The van der Waals surface area contributed by atoms with Crippen molar-refractivity contribution in [2.75, 3.05) is 27.2 Å². The first-order valence-corrected chi connectivity index (χ1v) is 5.04. The molecule has 0 aliphatic heterocycles. The molecule has 0 heterocycles. The first kappa shape index (κ1) is 17.8. The van der Waals surface area contributed by atoms with Gasteiger partial charge in [0.25, 0.3) is 0 Å². The van der Waals surface area contributed by atoms with Crippen LogP contribution in [0.15, 0.2) is 24.3 Å². The van der Waals surface area contributed by atoms with Crippen LogP contribution in [0.4, 0.5) is 0 Å². The lowest BCUT2D eigenvalue weighted by atomic mass is 10.4. The molecular formula is C12H21NO4. The highest BCUT2D eigenvalue weighted by Crippen LogP contribution is 1.91. The molecule has 0 spiro atoms. The molecule has 1 N–H and O–H groups in total. The van der Waals surface area contributed by atoms with Crippen LogP contribution in [0, 0.1) is 0 Å². The monoisotopic (exact) mass is 243 g/mol. The van der Waals surface area contributed by atoms with Crippen LogP contribution in [-0.4, -0.2) is 49.2 Å². The van der Waals surface area contributed by atoms with Crippen LogP contribution in [0.25, 0.3) is 0 Å². The smallest absolute Gasteiger partial charge is 0.333 e. The Morgan fingerprint density at radius 2 is 1.59 bits per heavy atom. The van der Waals surface area contributed by atoms with Gasteiger partial charge in [0.05, 0.1) is 0 Å². The van der Waals surface area contributed by atoms with Crippen LogP contribution >= 0.6 is 0 Å². The van der Waals surface area contributed by atoms with E-state index < -0.39 is 5.97 Å². The number of esters is 1. The summed E-state index contributed by atoms with van der Waals surface area (Å²) >= 11 is 0. The van der Waals surface area contributed by atoms with Crippen molar-refractivity contribution in [1.29, 1.82) is 0 Å². The largest absolute Gasteiger partial charge is 0.478 e. The van der Waals surface area contributed by atoms with Crippen molar-refractivity contribution in [3.05, 3.63) is 24.3 Å². The van der Waals surface area contributed by atoms with E-state index in [0.717, 1.165) is 6.54 Å². The number of carbonyl (C=O) groups is 2. The zero-order valence-electron chi connectivity index (χ0n) is 10.9. The molecule has 0 aromatic carbocycles. The van der Waals surface area contributed by atoms with Crippen LogP contribution in [0.1, 0.15) is 13.8 Å². The third kappa shape index (κ3) is 14.4. The van der Waals surface area contributed by atoms with E-state index in [9.17, 15) is 9.59 Å². The maximum Gasteiger partial charge on any atom is 0.333 e. The van der Waals surface area contributed by atoms with Crippen molar-refractivity contribution in [2.24, 2.45) is 0 Å². The quantitative estimate of drug-likeness (QED) is 0.582. The molecule has 17 heavy (non-hydrogen) atoms. The summed E-state index contributed by atoms with van der Waals surface area (Å²) in [4.78, 5) is 22.3. The van der Waals surface area contributed by atoms with Gasteiger partial charge in [0.1, 0.15) is 6.61 Å². The van der Waals surface area contributed by atoms with Crippen LogP contribution < -0.4 is 0 Å². The summed E-state index contributed by atoms with van der Waals surface area (Å²) in [5, 5.41) is 7.89. The Morgan fingerprint density at radius 3 is 1.82 bits per heavy atom. The first-order chi connectivity index (χ1) is 7.68. The summed E-state index contributed by atoms with van der Waals surface area (Å²) in [5.74, 6) is -1.25. The molecule has 0 aliphatic carbocycles. The maximum atomic E-state index is 10.8. The molecule has 0 saturated heterocycles. The number of carboxylic acid groups (broad SMARTS) is 1. The molecular weight excluding hydrogens is 222 g/mol. The highest BCUT2D eigenvalue weighted by molar-refractivity contribution is 5.86. The number of aliphatic carboxylic acids is 1. The van der Waals surface area contributed by atoms with Crippen molar-refractivity contribution in [3.8, 4) is 0 Å². The predicted molar refractivity (Wildman–Crippen MR) is 66.8 cm³/mol. The number of rotatable bonds is 5. The summed E-state index contributed by atoms with van der Waals surface area (Å²) in [7, 11) is 3.85. The van der Waals surface area contributed by atoms with Crippen molar-refractivity contribution in [1.82, 2.24) is 4.90 Å². The molecule has 5 heteroatoms. The van der Waals surface area contributed by atoms with Gasteiger partial charge in [-0.1, -0.05) is 13.2 Å². The van der Waals surface area contributed by atoms with Crippen molar-refractivity contribution in [3.63, 3.8) is 0 Å². The van der Waals surface area contributed by atoms with Gasteiger partial charge < -0.3 is 14.7 Å². The van der Waals surface area contributed by atoms with Crippen LogP contribution in [0.3, 0.4) is 0 Å². The van der Waals surface area contributed by atoms with E-state index in [-0.39, 0.29) is 11.5 Å². The van der Waals surface area contributed by atoms with Crippen LogP contribution in [-0.2, 0) is 14.3 Å². The van der Waals surface area contributed by atoms with Crippen molar-refractivity contribution >= 4 is 11.9 Å². The Morgan fingerprint density at radius 1 is 1.18 bits per heavy atom. The Bertz CT molecular complexity index is 283. The number of likely N-dealkylation sites (N-methyl/N-ethyl adjacent to an activating group) is 1. The van der Waals surface area contributed by atoms with Gasteiger partial charge in [-0.05, 0) is 27.9 Å². The second kappa shape index (κ2) is 9.59.